The van der Waals surface area contributed by atoms with E-state index >= 15 is 0 Å². The lowest BCUT2D eigenvalue weighted by molar-refractivity contribution is -0.147. The number of rotatable bonds is 2. The van der Waals surface area contributed by atoms with Gasteiger partial charge in [-0.25, -0.2) is 0 Å². The second kappa shape index (κ2) is 2.73. The minimum Gasteiger partial charge on any atom is -0.481 e. The Bertz CT molecular complexity index is 360. The van der Waals surface area contributed by atoms with Crippen molar-refractivity contribution in [3.63, 3.8) is 0 Å². The fourth-order valence-electron chi connectivity index (χ4n) is 1.83. The van der Waals surface area contributed by atoms with E-state index in [1.807, 2.05) is 0 Å². The van der Waals surface area contributed by atoms with Gasteiger partial charge in [0.25, 0.3) is 0 Å². The number of nitrogen functional groups attached to an aromatic ring is 1. The van der Waals surface area contributed by atoms with Crippen molar-refractivity contribution in [3.8, 4) is 0 Å². The Balaban J connectivity index is 2.41. The number of hydrogen-bond acceptors (Lipinski definition) is 3. The molecule has 0 atom stereocenters. The molecule has 0 aromatic carbocycles. The Morgan fingerprint density at radius 3 is 2.64 bits per heavy atom. The van der Waals surface area contributed by atoms with Gasteiger partial charge in [0.2, 0.25) is 0 Å². The Kier molecular flexibility index (Phi) is 1.77. The predicted octanol–water partition coefficient (Wildman–Crippen LogP) is 0.509. The molecule has 0 bridgehead atoms. The summed E-state index contributed by atoms with van der Waals surface area (Å²) in [7, 11) is 1.72. The summed E-state index contributed by atoms with van der Waals surface area (Å²) < 4.78 is 1.51. The van der Waals surface area contributed by atoms with Crippen molar-refractivity contribution in [2.24, 2.45) is 7.05 Å². The highest BCUT2D eigenvalue weighted by molar-refractivity contribution is 5.82. The predicted molar refractivity (Wildman–Crippen MR) is 50.8 cm³/mol. The van der Waals surface area contributed by atoms with Gasteiger partial charge in [0, 0.05) is 13.1 Å². The highest BCUT2D eigenvalue weighted by atomic mass is 16.4. The fourth-order valence-corrected chi connectivity index (χ4v) is 1.83. The van der Waals surface area contributed by atoms with Crippen molar-refractivity contribution < 1.29 is 9.90 Å². The van der Waals surface area contributed by atoms with Gasteiger partial charge < -0.3 is 10.8 Å². The molecule has 0 spiro atoms. The molecular formula is C9H13N3O2. The van der Waals surface area contributed by atoms with Gasteiger partial charge in [0.05, 0.1) is 5.69 Å². The van der Waals surface area contributed by atoms with Crippen LogP contribution in [0.4, 0.5) is 5.82 Å². The van der Waals surface area contributed by atoms with Crippen LogP contribution in [0.3, 0.4) is 0 Å². The molecule has 2 rings (SSSR count). The number of aliphatic carboxylic acids is 1. The third-order valence-electron chi connectivity index (χ3n) is 3.02. The molecule has 0 unspecified atom stereocenters. The summed E-state index contributed by atoms with van der Waals surface area (Å²) in [5.41, 5.74) is 5.45. The molecule has 1 aliphatic carbocycles. The largest absolute Gasteiger partial charge is 0.481 e. The molecule has 1 aromatic heterocycles. The van der Waals surface area contributed by atoms with Crippen LogP contribution in [-0.2, 0) is 17.3 Å². The van der Waals surface area contributed by atoms with E-state index in [-0.39, 0.29) is 0 Å². The molecule has 0 saturated heterocycles. The van der Waals surface area contributed by atoms with Crippen LogP contribution < -0.4 is 5.73 Å². The second-order valence-electron chi connectivity index (χ2n) is 3.82. The molecule has 1 aliphatic rings. The summed E-state index contributed by atoms with van der Waals surface area (Å²) in [6, 6.07) is 1.66. The molecule has 1 aromatic rings. The summed E-state index contributed by atoms with van der Waals surface area (Å²) in [4.78, 5) is 11.1. The topological polar surface area (TPSA) is 81.1 Å². The Morgan fingerprint density at radius 1 is 1.71 bits per heavy atom. The highest BCUT2D eigenvalue weighted by Crippen LogP contribution is 2.43. The zero-order valence-electron chi connectivity index (χ0n) is 8.03. The van der Waals surface area contributed by atoms with Gasteiger partial charge in [0.15, 0.2) is 0 Å². The van der Waals surface area contributed by atoms with Crippen LogP contribution >= 0.6 is 0 Å². The Hall–Kier alpha value is -1.52. The number of carbonyl (C=O) groups is 1. The molecule has 1 heterocycles. The molecule has 0 amide bonds. The molecule has 1 saturated carbocycles. The lowest BCUT2D eigenvalue weighted by Gasteiger charge is -2.35. The van der Waals surface area contributed by atoms with Crippen molar-refractivity contribution >= 4 is 11.8 Å². The quantitative estimate of drug-likeness (QED) is 0.720. The van der Waals surface area contributed by atoms with Gasteiger partial charge in [-0.3, -0.25) is 9.48 Å². The van der Waals surface area contributed by atoms with E-state index < -0.39 is 11.4 Å². The first-order valence-corrected chi connectivity index (χ1v) is 4.60. The van der Waals surface area contributed by atoms with Gasteiger partial charge in [-0.15, -0.1) is 0 Å². The zero-order valence-corrected chi connectivity index (χ0v) is 8.03. The smallest absolute Gasteiger partial charge is 0.315 e. The van der Waals surface area contributed by atoms with Gasteiger partial charge in [-0.05, 0) is 12.8 Å². The summed E-state index contributed by atoms with van der Waals surface area (Å²) in [6.45, 7) is 0. The lowest BCUT2D eigenvalue weighted by atomic mass is 9.67. The first kappa shape index (κ1) is 9.05. The molecule has 1 fully saturated rings. The first-order valence-electron chi connectivity index (χ1n) is 4.60. The van der Waals surface area contributed by atoms with Crippen LogP contribution in [0.1, 0.15) is 25.0 Å². The zero-order chi connectivity index (χ0) is 10.3. The standard InChI is InChI=1S/C9H13N3O2/c1-12-7(10)5-6(11-12)9(8(13)14)3-2-4-9/h5H,2-4,10H2,1H3,(H,13,14). The molecule has 14 heavy (non-hydrogen) atoms. The minimum atomic E-state index is -0.790. The van der Waals surface area contributed by atoms with E-state index in [0.29, 0.717) is 24.4 Å². The maximum absolute atomic E-state index is 11.1. The van der Waals surface area contributed by atoms with Crippen molar-refractivity contribution in [2.45, 2.75) is 24.7 Å². The SMILES string of the molecule is Cn1nc(C2(C(=O)O)CCC2)cc1N. The van der Waals surface area contributed by atoms with Crippen molar-refractivity contribution in [1.82, 2.24) is 9.78 Å². The average Bonchev–Trinajstić information content (AvgIpc) is 2.28. The molecule has 3 N–H and O–H groups in total. The average molecular weight is 195 g/mol. The van der Waals surface area contributed by atoms with Crippen LogP contribution in [0, 0.1) is 0 Å². The molecular weight excluding hydrogens is 182 g/mol. The van der Waals surface area contributed by atoms with E-state index in [1.54, 1.807) is 13.1 Å². The number of carboxylic acids is 1. The Labute approximate surface area is 81.5 Å². The number of carboxylic acid groups (broad SMARTS) is 1. The summed E-state index contributed by atoms with van der Waals surface area (Å²) in [5, 5.41) is 13.3. The molecule has 76 valence electrons. The monoisotopic (exact) mass is 195 g/mol. The van der Waals surface area contributed by atoms with E-state index in [4.69, 9.17) is 10.8 Å². The molecule has 0 aliphatic heterocycles. The van der Waals surface area contributed by atoms with Crippen molar-refractivity contribution in [1.29, 1.82) is 0 Å². The number of anilines is 1. The third-order valence-corrected chi connectivity index (χ3v) is 3.02. The molecule has 5 heteroatoms. The van der Waals surface area contributed by atoms with Crippen LogP contribution in [0.2, 0.25) is 0 Å². The van der Waals surface area contributed by atoms with Crippen LogP contribution in [-0.4, -0.2) is 20.9 Å². The van der Waals surface area contributed by atoms with Gasteiger partial charge in [-0.1, -0.05) is 6.42 Å². The van der Waals surface area contributed by atoms with Crippen LogP contribution in [0.25, 0.3) is 0 Å². The van der Waals surface area contributed by atoms with Gasteiger partial charge in [0.1, 0.15) is 11.2 Å². The third kappa shape index (κ3) is 1.01. The summed E-state index contributed by atoms with van der Waals surface area (Å²) in [5.74, 6) is -0.283. The molecule has 0 radical (unpaired) electrons. The summed E-state index contributed by atoms with van der Waals surface area (Å²) >= 11 is 0. The number of aromatic nitrogens is 2. The lowest BCUT2D eigenvalue weighted by Crippen LogP contribution is -2.42. The van der Waals surface area contributed by atoms with E-state index in [2.05, 4.69) is 5.10 Å². The van der Waals surface area contributed by atoms with E-state index in [1.165, 1.54) is 4.68 Å². The number of hydrogen-bond donors (Lipinski definition) is 2. The number of nitrogens with zero attached hydrogens (tertiary/aromatic N) is 2. The second-order valence-corrected chi connectivity index (χ2v) is 3.82. The maximum Gasteiger partial charge on any atom is 0.315 e. The van der Waals surface area contributed by atoms with Crippen LogP contribution in [0.5, 0.6) is 0 Å². The van der Waals surface area contributed by atoms with Crippen molar-refractivity contribution in [3.05, 3.63) is 11.8 Å². The van der Waals surface area contributed by atoms with E-state index in [0.717, 1.165) is 6.42 Å². The minimum absolute atomic E-state index is 0.507. The van der Waals surface area contributed by atoms with E-state index in [9.17, 15) is 4.79 Å². The van der Waals surface area contributed by atoms with Crippen LogP contribution in [0.15, 0.2) is 6.07 Å². The maximum atomic E-state index is 11.1. The normalized spacial score (nSPS) is 18.9. The number of aryl methyl sites for hydroxylation is 1. The van der Waals surface area contributed by atoms with Gasteiger partial charge in [-0.2, -0.15) is 5.10 Å². The highest BCUT2D eigenvalue weighted by Gasteiger charge is 2.48. The van der Waals surface area contributed by atoms with Gasteiger partial charge >= 0.3 is 5.97 Å². The first-order chi connectivity index (χ1) is 6.56. The summed E-state index contributed by atoms with van der Waals surface area (Å²) in [6.07, 6.45) is 2.28. The molecule has 5 nitrogen and oxygen atoms in total. The number of nitrogens with two attached hydrogens (primary N) is 1. The van der Waals surface area contributed by atoms with Crippen molar-refractivity contribution in [2.75, 3.05) is 5.73 Å². The fraction of sp³-hybridized carbons (Fsp3) is 0.556. The Morgan fingerprint density at radius 2 is 2.36 bits per heavy atom.